The highest BCUT2D eigenvalue weighted by atomic mass is 16.2. The Kier molecular flexibility index (Phi) is 5.38. The number of aromatic amines is 1. The first-order chi connectivity index (χ1) is 13.9. The summed E-state index contributed by atoms with van der Waals surface area (Å²) in [4.78, 5) is 44.5. The van der Waals surface area contributed by atoms with Gasteiger partial charge < -0.3 is 25.8 Å². The Morgan fingerprint density at radius 2 is 1.93 bits per heavy atom. The summed E-state index contributed by atoms with van der Waals surface area (Å²) >= 11 is 0. The lowest BCUT2D eigenvalue weighted by atomic mass is 9.77. The van der Waals surface area contributed by atoms with Crippen molar-refractivity contribution in [1.82, 2.24) is 15.2 Å². The van der Waals surface area contributed by atoms with Crippen LogP contribution in [0.4, 0.5) is 5.69 Å². The van der Waals surface area contributed by atoms with Crippen LogP contribution in [0.15, 0.2) is 23.1 Å². The van der Waals surface area contributed by atoms with Crippen molar-refractivity contribution in [2.24, 2.45) is 17.6 Å². The van der Waals surface area contributed by atoms with Crippen molar-refractivity contribution >= 4 is 17.5 Å². The molecule has 1 aromatic rings. The molecule has 1 saturated heterocycles. The van der Waals surface area contributed by atoms with E-state index in [1.165, 1.54) is 0 Å². The molecule has 2 saturated carbocycles. The monoisotopic (exact) mass is 401 g/mol. The van der Waals surface area contributed by atoms with Crippen molar-refractivity contribution in [3.63, 3.8) is 0 Å². The Balaban J connectivity index is 1.42. The van der Waals surface area contributed by atoms with E-state index in [1.54, 1.807) is 12.3 Å². The Hall–Kier alpha value is -2.35. The topological polar surface area (TPSA) is 112 Å². The normalized spacial score (nSPS) is 28.7. The molecule has 2 heterocycles. The standard InChI is InChI=1S/C21H31N5O3/c1-14-13-25(15-6-9-23-18(27)12-15)10-11-26(14)20(29)17-5-3-2-4-16(17)19(28)24-21(22)7-8-21/h6,9,12,14,16-17H,2-5,7-8,10-11,13,22H2,1H3,(H,23,27)(H,24,28)/t14-,16-,17-/m1/s1. The Morgan fingerprint density at radius 1 is 1.21 bits per heavy atom. The van der Waals surface area contributed by atoms with Gasteiger partial charge in [0.1, 0.15) is 0 Å². The molecule has 0 unspecified atom stereocenters. The minimum absolute atomic E-state index is 0.0189. The number of carbonyl (C=O) groups is 2. The average Bonchev–Trinajstić information content (AvgIpc) is 3.44. The fourth-order valence-electron chi connectivity index (χ4n) is 4.70. The Bertz CT molecular complexity index is 834. The number of piperazine rings is 1. The molecule has 0 radical (unpaired) electrons. The molecule has 3 aliphatic rings. The van der Waals surface area contributed by atoms with Gasteiger partial charge in [0.05, 0.1) is 5.66 Å². The molecule has 29 heavy (non-hydrogen) atoms. The van der Waals surface area contributed by atoms with Crippen LogP contribution in [0.5, 0.6) is 0 Å². The zero-order valence-electron chi connectivity index (χ0n) is 17.0. The zero-order valence-corrected chi connectivity index (χ0v) is 17.0. The number of hydrogen-bond acceptors (Lipinski definition) is 5. The highest BCUT2D eigenvalue weighted by Gasteiger charge is 2.45. The van der Waals surface area contributed by atoms with Gasteiger partial charge in [-0.15, -0.1) is 0 Å². The molecule has 0 aromatic carbocycles. The first-order valence-electron chi connectivity index (χ1n) is 10.7. The lowest BCUT2D eigenvalue weighted by Crippen LogP contribution is -2.57. The number of hydrogen-bond donors (Lipinski definition) is 3. The van der Waals surface area contributed by atoms with Crippen molar-refractivity contribution in [2.75, 3.05) is 24.5 Å². The summed E-state index contributed by atoms with van der Waals surface area (Å²) in [5, 5.41) is 2.96. The van der Waals surface area contributed by atoms with E-state index in [9.17, 15) is 14.4 Å². The largest absolute Gasteiger partial charge is 0.367 e. The van der Waals surface area contributed by atoms with Crippen molar-refractivity contribution in [2.45, 2.75) is 57.2 Å². The van der Waals surface area contributed by atoms with Gasteiger partial charge in [-0.3, -0.25) is 14.4 Å². The SMILES string of the molecule is C[C@@H]1CN(c2cc[nH]c(=O)c2)CCN1C(=O)[C@@H]1CCCC[C@H]1C(=O)NC1(N)CC1. The third kappa shape index (κ3) is 4.32. The van der Waals surface area contributed by atoms with Crippen molar-refractivity contribution in [3.8, 4) is 0 Å². The van der Waals surface area contributed by atoms with E-state index in [1.807, 2.05) is 17.9 Å². The molecule has 0 spiro atoms. The van der Waals surface area contributed by atoms with Gasteiger partial charge in [-0.05, 0) is 38.7 Å². The molecule has 2 aliphatic carbocycles. The second-order valence-corrected chi connectivity index (χ2v) is 8.88. The summed E-state index contributed by atoms with van der Waals surface area (Å²) in [5.41, 5.74) is 6.27. The van der Waals surface area contributed by atoms with E-state index in [4.69, 9.17) is 5.73 Å². The Morgan fingerprint density at radius 3 is 2.59 bits per heavy atom. The van der Waals surface area contributed by atoms with Crippen LogP contribution in [0.1, 0.15) is 45.4 Å². The summed E-state index contributed by atoms with van der Waals surface area (Å²) < 4.78 is 0. The fourth-order valence-corrected chi connectivity index (χ4v) is 4.70. The van der Waals surface area contributed by atoms with Gasteiger partial charge in [-0.1, -0.05) is 12.8 Å². The molecule has 1 aromatic heterocycles. The summed E-state index contributed by atoms with van der Waals surface area (Å²) in [6.45, 7) is 3.98. The van der Waals surface area contributed by atoms with Gasteiger partial charge in [0.2, 0.25) is 17.4 Å². The van der Waals surface area contributed by atoms with E-state index >= 15 is 0 Å². The van der Waals surface area contributed by atoms with Crippen LogP contribution in [0.25, 0.3) is 0 Å². The average molecular weight is 402 g/mol. The van der Waals surface area contributed by atoms with Crippen molar-refractivity contribution < 1.29 is 9.59 Å². The van der Waals surface area contributed by atoms with Crippen LogP contribution >= 0.6 is 0 Å². The molecule has 1 aliphatic heterocycles. The molecule has 2 amide bonds. The molecular weight excluding hydrogens is 370 g/mol. The lowest BCUT2D eigenvalue weighted by Gasteiger charge is -2.43. The highest BCUT2D eigenvalue weighted by Crippen LogP contribution is 2.35. The molecule has 3 fully saturated rings. The summed E-state index contributed by atoms with van der Waals surface area (Å²) in [6.07, 6.45) is 6.74. The lowest BCUT2D eigenvalue weighted by molar-refractivity contribution is -0.146. The van der Waals surface area contributed by atoms with Gasteiger partial charge in [0.15, 0.2) is 0 Å². The number of anilines is 1. The van der Waals surface area contributed by atoms with Gasteiger partial charge in [0.25, 0.3) is 0 Å². The molecule has 3 atom stereocenters. The van der Waals surface area contributed by atoms with Crippen LogP contribution in [0.3, 0.4) is 0 Å². The maximum absolute atomic E-state index is 13.4. The molecule has 8 nitrogen and oxygen atoms in total. The third-order valence-corrected chi connectivity index (χ3v) is 6.62. The Labute approximate surface area is 170 Å². The van der Waals surface area contributed by atoms with Gasteiger partial charge in [0, 0.05) is 55.5 Å². The van der Waals surface area contributed by atoms with E-state index in [0.717, 1.165) is 44.2 Å². The molecular formula is C21H31N5O3. The van der Waals surface area contributed by atoms with Crippen LogP contribution in [-0.4, -0.2) is 53.0 Å². The summed E-state index contributed by atoms with van der Waals surface area (Å²) in [5.74, 6) is -0.516. The van der Waals surface area contributed by atoms with Gasteiger partial charge >= 0.3 is 0 Å². The zero-order chi connectivity index (χ0) is 20.6. The van der Waals surface area contributed by atoms with Gasteiger partial charge in [-0.2, -0.15) is 0 Å². The van der Waals surface area contributed by atoms with E-state index in [0.29, 0.717) is 19.6 Å². The second-order valence-electron chi connectivity index (χ2n) is 8.88. The van der Waals surface area contributed by atoms with Crippen LogP contribution < -0.4 is 21.5 Å². The second kappa shape index (κ2) is 7.82. The number of carbonyl (C=O) groups excluding carboxylic acids is 2. The number of nitrogens with one attached hydrogen (secondary N) is 2. The van der Waals surface area contributed by atoms with Crippen LogP contribution in [0.2, 0.25) is 0 Å². The first kappa shape index (κ1) is 19.9. The predicted octanol–water partition coefficient (Wildman–Crippen LogP) is 0.783. The maximum atomic E-state index is 13.4. The number of H-pyrrole nitrogens is 1. The highest BCUT2D eigenvalue weighted by molar-refractivity contribution is 5.88. The maximum Gasteiger partial charge on any atom is 0.249 e. The molecule has 4 N–H and O–H groups in total. The number of nitrogens with zero attached hydrogens (tertiary/aromatic N) is 2. The first-order valence-corrected chi connectivity index (χ1v) is 10.7. The predicted molar refractivity (Wildman–Crippen MR) is 110 cm³/mol. The minimum atomic E-state index is -0.547. The van der Waals surface area contributed by atoms with Crippen molar-refractivity contribution in [3.05, 3.63) is 28.7 Å². The van der Waals surface area contributed by atoms with E-state index in [-0.39, 0.29) is 35.3 Å². The van der Waals surface area contributed by atoms with Crippen LogP contribution in [-0.2, 0) is 9.59 Å². The number of pyridine rings is 1. The summed E-state index contributed by atoms with van der Waals surface area (Å²) in [7, 11) is 0. The minimum Gasteiger partial charge on any atom is -0.367 e. The molecule has 158 valence electrons. The molecule has 8 heteroatoms. The summed E-state index contributed by atoms with van der Waals surface area (Å²) in [6, 6.07) is 3.49. The number of rotatable bonds is 4. The van der Waals surface area contributed by atoms with E-state index in [2.05, 4.69) is 15.2 Å². The molecule has 0 bridgehead atoms. The van der Waals surface area contributed by atoms with E-state index < -0.39 is 5.66 Å². The smallest absolute Gasteiger partial charge is 0.249 e. The molecule has 4 rings (SSSR count). The quantitative estimate of drug-likeness (QED) is 0.646. The van der Waals surface area contributed by atoms with Gasteiger partial charge in [-0.25, -0.2) is 0 Å². The third-order valence-electron chi connectivity index (χ3n) is 6.62. The fraction of sp³-hybridized carbons (Fsp3) is 0.667. The van der Waals surface area contributed by atoms with Crippen molar-refractivity contribution in [1.29, 1.82) is 0 Å². The number of nitrogens with two attached hydrogens (primary N) is 1. The number of amides is 2. The van der Waals surface area contributed by atoms with Crippen LogP contribution in [0, 0.1) is 11.8 Å². The number of aromatic nitrogens is 1.